The van der Waals surface area contributed by atoms with Gasteiger partial charge in [0.15, 0.2) is 29.0 Å². The van der Waals surface area contributed by atoms with Gasteiger partial charge in [-0.15, -0.1) is 0 Å². The quantitative estimate of drug-likeness (QED) is 0.695. The molecule has 4 heterocycles. The molecule has 0 atom stereocenters. The number of rotatable bonds is 4. The summed E-state index contributed by atoms with van der Waals surface area (Å²) in [5, 5.41) is 0.649. The third-order valence-corrected chi connectivity index (χ3v) is 5.60. The summed E-state index contributed by atoms with van der Waals surface area (Å²) in [6, 6.07) is 2.80. The lowest BCUT2D eigenvalue weighted by Crippen LogP contribution is -2.68. The van der Waals surface area contributed by atoms with E-state index in [1.165, 1.54) is 20.4 Å². The molecule has 0 radical (unpaired) electrons. The average Bonchev–Trinajstić information content (AvgIpc) is 2.66. The molecule has 0 amide bonds. The number of anilines is 2. The Kier molecular flexibility index (Phi) is 4.14. The SMILES string of the molecule is COc1cc(OC)c(F)c(-c2nc(N3CC4(CCO4)C3)c3cc(N)ncc3n2)c1F. The van der Waals surface area contributed by atoms with Crippen LogP contribution in [-0.4, -0.2) is 54.5 Å². The summed E-state index contributed by atoms with van der Waals surface area (Å²) in [7, 11) is 2.58. The van der Waals surface area contributed by atoms with Crippen molar-refractivity contribution in [3.05, 3.63) is 30.0 Å². The minimum atomic E-state index is -0.910. The van der Waals surface area contributed by atoms with E-state index in [4.69, 9.17) is 19.9 Å². The first-order chi connectivity index (χ1) is 14.4. The van der Waals surface area contributed by atoms with Crippen LogP contribution in [-0.2, 0) is 4.74 Å². The van der Waals surface area contributed by atoms with Gasteiger partial charge in [0.2, 0.25) is 0 Å². The van der Waals surface area contributed by atoms with Crippen LogP contribution in [0.4, 0.5) is 20.4 Å². The Labute approximate surface area is 170 Å². The van der Waals surface area contributed by atoms with Gasteiger partial charge >= 0.3 is 0 Å². The first-order valence-corrected chi connectivity index (χ1v) is 9.37. The third-order valence-electron chi connectivity index (χ3n) is 5.60. The molecule has 1 spiro atoms. The smallest absolute Gasteiger partial charge is 0.179 e. The van der Waals surface area contributed by atoms with Crippen molar-refractivity contribution in [2.75, 3.05) is 44.5 Å². The summed E-state index contributed by atoms with van der Waals surface area (Å²) in [6.45, 7) is 2.00. The maximum atomic E-state index is 15.0. The van der Waals surface area contributed by atoms with E-state index in [0.717, 1.165) is 19.1 Å². The molecule has 156 valence electrons. The zero-order chi connectivity index (χ0) is 21.0. The number of benzene rings is 1. The van der Waals surface area contributed by atoms with Crippen LogP contribution in [0.3, 0.4) is 0 Å². The van der Waals surface area contributed by atoms with E-state index in [0.29, 0.717) is 35.6 Å². The van der Waals surface area contributed by atoms with Crippen molar-refractivity contribution in [3.8, 4) is 22.9 Å². The van der Waals surface area contributed by atoms with Gasteiger partial charge in [-0.25, -0.2) is 23.7 Å². The van der Waals surface area contributed by atoms with E-state index in [1.54, 1.807) is 6.07 Å². The summed E-state index contributed by atoms with van der Waals surface area (Å²) in [4.78, 5) is 14.9. The molecular formula is C20H19F2N5O3. The second kappa shape index (κ2) is 6.63. The van der Waals surface area contributed by atoms with Crippen molar-refractivity contribution in [1.82, 2.24) is 15.0 Å². The second-order valence-corrected chi connectivity index (χ2v) is 7.42. The van der Waals surface area contributed by atoms with Gasteiger partial charge in [-0.05, 0) is 6.07 Å². The fourth-order valence-corrected chi connectivity index (χ4v) is 3.91. The van der Waals surface area contributed by atoms with Gasteiger partial charge in [-0.1, -0.05) is 0 Å². The Balaban J connectivity index is 1.70. The van der Waals surface area contributed by atoms with Crippen molar-refractivity contribution in [2.45, 2.75) is 12.0 Å². The van der Waals surface area contributed by atoms with Crippen LogP contribution >= 0.6 is 0 Å². The van der Waals surface area contributed by atoms with Gasteiger partial charge in [0.1, 0.15) is 17.2 Å². The standard InChI is InChI=1S/C20H19F2N5O3/c1-28-12-6-13(29-2)17(22)15(16(12)21)18-25-11-7-24-14(23)5-10(11)19(26-18)27-8-20(9-27)3-4-30-20/h5-7H,3-4,8-9H2,1-2H3,(H2,23,24). The summed E-state index contributed by atoms with van der Waals surface area (Å²) in [6.07, 6.45) is 2.43. The fourth-order valence-electron chi connectivity index (χ4n) is 3.91. The van der Waals surface area contributed by atoms with Crippen LogP contribution in [0.25, 0.3) is 22.3 Å². The van der Waals surface area contributed by atoms with Crippen molar-refractivity contribution in [2.24, 2.45) is 0 Å². The van der Waals surface area contributed by atoms with Crippen LogP contribution in [0.2, 0.25) is 0 Å². The highest BCUT2D eigenvalue weighted by Crippen LogP contribution is 2.42. The topological polar surface area (TPSA) is 95.6 Å². The molecule has 10 heteroatoms. The molecule has 30 heavy (non-hydrogen) atoms. The lowest BCUT2D eigenvalue weighted by Gasteiger charge is -2.55. The van der Waals surface area contributed by atoms with E-state index in [2.05, 4.69) is 15.0 Å². The average molecular weight is 415 g/mol. The summed E-state index contributed by atoms with van der Waals surface area (Å²) in [5.41, 5.74) is 5.68. The number of nitrogen functional groups attached to an aromatic ring is 1. The number of hydrogen-bond acceptors (Lipinski definition) is 8. The normalized spacial score (nSPS) is 17.0. The number of nitrogens with two attached hydrogens (primary N) is 1. The van der Waals surface area contributed by atoms with Crippen LogP contribution < -0.4 is 20.1 Å². The van der Waals surface area contributed by atoms with E-state index in [1.807, 2.05) is 4.90 Å². The lowest BCUT2D eigenvalue weighted by atomic mass is 9.86. The molecule has 0 bridgehead atoms. The first-order valence-electron chi connectivity index (χ1n) is 9.37. The van der Waals surface area contributed by atoms with E-state index < -0.39 is 17.2 Å². The number of methoxy groups -OCH3 is 2. The molecule has 2 fully saturated rings. The summed E-state index contributed by atoms with van der Waals surface area (Å²) < 4.78 is 45.8. The van der Waals surface area contributed by atoms with Gasteiger partial charge < -0.3 is 24.8 Å². The van der Waals surface area contributed by atoms with E-state index in [-0.39, 0.29) is 22.9 Å². The second-order valence-electron chi connectivity index (χ2n) is 7.42. The Morgan fingerprint density at radius 2 is 1.77 bits per heavy atom. The van der Waals surface area contributed by atoms with Gasteiger partial charge in [0.25, 0.3) is 0 Å². The molecule has 2 aromatic heterocycles. The van der Waals surface area contributed by atoms with Crippen molar-refractivity contribution in [3.63, 3.8) is 0 Å². The van der Waals surface area contributed by atoms with Crippen molar-refractivity contribution < 1.29 is 23.0 Å². The summed E-state index contributed by atoms with van der Waals surface area (Å²) >= 11 is 0. The van der Waals surface area contributed by atoms with Gasteiger partial charge in [-0.3, -0.25) is 0 Å². The zero-order valence-electron chi connectivity index (χ0n) is 16.4. The minimum absolute atomic E-state index is 0.133. The number of pyridine rings is 1. The first kappa shape index (κ1) is 18.7. The number of halogens is 2. The molecule has 1 aromatic carbocycles. The number of ether oxygens (including phenoxy) is 3. The van der Waals surface area contributed by atoms with E-state index >= 15 is 8.78 Å². The third kappa shape index (κ3) is 2.71. The minimum Gasteiger partial charge on any atom is -0.494 e. The Bertz CT molecular complexity index is 1130. The molecular weight excluding hydrogens is 396 g/mol. The van der Waals surface area contributed by atoms with Crippen LogP contribution in [0, 0.1) is 11.6 Å². The van der Waals surface area contributed by atoms with Crippen LogP contribution in [0.15, 0.2) is 18.3 Å². The highest BCUT2D eigenvalue weighted by Gasteiger charge is 2.50. The molecule has 2 saturated heterocycles. The predicted molar refractivity (Wildman–Crippen MR) is 106 cm³/mol. The molecule has 0 aliphatic carbocycles. The van der Waals surface area contributed by atoms with Crippen molar-refractivity contribution in [1.29, 1.82) is 0 Å². The van der Waals surface area contributed by atoms with Crippen LogP contribution in [0.1, 0.15) is 6.42 Å². The van der Waals surface area contributed by atoms with Crippen LogP contribution in [0.5, 0.6) is 11.5 Å². The summed E-state index contributed by atoms with van der Waals surface area (Å²) in [5.74, 6) is -1.48. The maximum Gasteiger partial charge on any atom is 0.179 e. The Hall–Kier alpha value is -3.27. The maximum absolute atomic E-state index is 15.0. The van der Waals surface area contributed by atoms with Crippen molar-refractivity contribution >= 4 is 22.5 Å². The lowest BCUT2D eigenvalue weighted by molar-refractivity contribution is -0.161. The Morgan fingerprint density at radius 3 is 2.33 bits per heavy atom. The molecule has 8 nitrogen and oxygen atoms in total. The molecule has 2 aliphatic heterocycles. The number of nitrogens with zero attached hydrogens (tertiary/aromatic N) is 4. The largest absolute Gasteiger partial charge is 0.494 e. The highest BCUT2D eigenvalue weighted by atomic mass is 19.1. The molecule has 2 aliphatic rings. The molecule has 0 unspecified atom stereocenters. The Morgan fingerprint density at radius 1 is 1.10 bits per heavy atom. The zero-order valence-corrected chi connectivity index (χ0v) is 16.4. The monoisotopic (exact) mass is 415 g/mol. The predicted octanol–water partition coefficient (Wildman–Crippen LogP) is 2.55. The number of hydrogen-bond donors (Lipinski definition) is 1. The molecule has 2 N–H and O–H groups in total. The van der Waals surface area contributed by atoms with Gasteiger partial charge in [0, 0.05) is 17.9 Å². The van der Waals surface area contributed by atoms with E-state index in [9.17, 15) is 0 Å². The molecule has 3 aromatic rings. The number of aromatic nitrogens is 3. The fraction of sp³-hybridized carbons (Fsp3) is 0.350. The molecule has 5 rings (SSSR count). The number of fused-ring (bicyclic) bond motifs is 1. The molecule has 0 saturated carbocycles. The van der Waals surface area contributed by atoms with Gasteiger partial charge in [-0.2, -0.15) is 0 Å². The van der Waals surface area contributed by atoms with Gasteiger partial charge in [0.05, 0.1) is 51.2 Å². The highest BCUT2D eigenvalue weighted by molar-refractivity contribution is 5.92.